The fourth-order valence-corrected chi connectivity index (χ4v) is 6.18. The Morgan fingerprint density at radius 2 is 1.81 bits per heavy atom. The van der Waals surface area contributed by atoms with Crippen LogP contribution in [0.2, 0.25) is 0 Å². The van der Waals surface area contributed by atoms with Crippen molar-refractivity contribution in [1.29, 1.82) is 0 Å². The summed E-state index contributed by atoms with van der Waals surface area (Å²) in [6.07, 6.45) is 13.5. The van der Waals surface area contributed by atoms with E-state index in [9.17, 15) is 14.7 Å². The molecule has 204 valence electrons. The second-order valence-electron chi connectivity index (χ2n) is 12.0. The Morgan fingerprint density at radius 1 is 1.05 bits per heavy atom. The molecule has 8 atom stereocenters. The summed E-state index contributed by atoms with van der Waals surface area (Å²) in [5.41, 5.74) is 0.722. The maximum atomic E-state index is 13.7. The predicted octanol–water partition coefficient (Wildman–Crippen LogP) is 5.75. The molecule has 1 aliphatic carbocycles. The molecule has 6 nitrogen and oxygen atoms in total. The van der Waals surface area contributed by atoms with Crippen molar-refractivity contribution in [2.24, 2.45) is 17.8 Å². The van der Waals surface area contributed by atoms with E-state index in [0.717, 1.165) is 25.7 Å². The van der Waals surface area contributed by atoms with Crippen molar-refractivity contribution in [3.63, 3.8) is 0 Å². The summed E-state index contributed by atoms with van der Waals surface area (Å²) in [5, 5.41) is 11.7. The maximum Gasteiger partial charge on any atom is 0.316 e. The van der Waals surface area contributed by atoms with Crippen molar-refractivity contribution in [2.45, 2.75) is 116 Å². The summed E-state index contributed by atoms with van der Waals surface area (Å²) in [6.45, 7) is 12.0. The molecule has 1 spiro atoms. The minimum absolute atomic E-state index is 0.0550. The number of allylic oxidation sites excluding steroid dienone is 5. The third-order valence-corrected chi connectivity index (χ3v) is 8.81. The van der Waals surface area contributed by atoms with Crippen LogP contribution in [0.5, 0.6) is 0 Å². The molecule has 0 radical (unpaired) electrons. The highest BCUT2D eigenvalue weighted by Crippen LogP contribution is 2.44. The lowest BCUT2D eigenvalue weighted by atomic mass is 9.72. The van der Waals surface area contributed by atoms with Crippen molar-refractivity contribution < 1.29 is 28.9 Å². The van der Waals surface area contributed by atoms with Crippen LogP contribution < -0.4 is 0 Å². The van der Waals surface area contributed by atoms with E-state index in [-0.39, 0.29) is 24.4 Å². The summed E-state index contributed by atoms with van der Waals surface area (Å²) in [4.78, 5) is 26.3. The molecular formula is C31H44O6. The molecule has 4 aliphatic rings. The highest BCUT2D eigenvalue weighted by molar-refractivity contribution is 5.99. The minimum atomic E-state index is -1.62. The minimum Gasteiger partial charge on any atom is -0.462 e. The molecule has 2 fully saturated rings. The van der Waals surface area contributed by atoms with Crippen LogP contribution in [0.25, 0.3) is 0 Å². The van der Waals surface area contributed by atoms with E-state index in [1.165, 1.54) is 5.57 Å². The standard InChI is InChI=1S/C31H44O6/c1-19-8-7-9-23(5)31(34)18-28(32)22(4)15-27(31)29(33)35-26-16-25(11-10-20(2)14-19)37-30(17-26)13-12-21(3)24(6)36-30/h7-10,15,19,21,24-27,34H,11-14,16-18H2,1-6H3/b8-7+,20-10+,23-9+/t19-,21-,24+,25+,26-,27-,30-,31+/m0/s1. The fraction of sp³-hybridized carbons (Fsp3) is 0.677. The van der Waals surface area contributed by atoms with Crippen molar-refractivity contribution in [3.05, 3.63) is 47.1 Å². The van der Waals surface area contributed by atoms with E-state index in [1.807, 2.05) is 12.2 Å². The summed E-state index contributed by atoms with van der Waals surface area (Å²) >= 11 is 0. The molecule has 0 unspecified atom stereocenters. The van der Waals surface area contributed by atoms with E-state index in [0.29, 0.717) is 35.8 Å². The molecule has 2 bridgehead atoms. The molecule has 0 aromatic rings. The van der Waals surface area contributed by atoms with Gasteiger partial charge in [0.25, 0.3) is 0 Å². The fourth-order valence-electron chi connectivity index (χ4n) is 6.18. The molecule has 0 aromatic heterocycles. The lowest BCUT2D eigenvalue weighted by Gasteiger charge is -2.49. The van der Waals surface area contributed by atoms with Crippen LogP contribution in [0.15, 0.2) is 47.1 Å². The van der Waals surface area contributed by atoms with Gasteiger partial charge in [-0.1, -0.05) is 49.8 Å². The zero-order chi connectivity index (χ0) is 27.0. The van der Waals surface area contributed by atoms with Gasteiger partial charge in [-0.05, 0) is 69.9 Å². The normalized spacial score (nSPS) is 45.5. The van der Waals surface area contributed by atoms with Gasteiger partial charge in [0, 0.05) is 25.7 Å². The molecule has 6 heteroatoms. The number of hydrogen-bond donors (Lipinski definition) is 1. The summed E-state index contributed by atoms with van der Waals surface area (Å²) in [6, 6.07) is 0. The van der Waals surface area contributed by atoms with Gasteiger partial charge in [0.15, 0.2) is 11.6 Å². The zero-order valence-electron chi connectivity index (χ0n) is 23.3. The first-order chi connectivity index (χ1) is 17.4. The van der Waals surface area contributed by atoms with Gasteiger partial charge in [-0.2, -0.15) is 0 Å². The topological polar surface area (TPSA) is 82.1 Å². The van der Waals surface area contributed by atoms with Gasteiger partial charge in [-0.15, -0.1) is 0 Å². The smallest absolute Gasteiger partial charge is 0.316 e. The number of carbonyl (C=O) groups is 2. The molecule has 0 aromatic carbocycles. The highest BCUT2D eigenvalue weighted by atomic mass is 16.7. The van der Waals surface area contributed by atoms with Crippen molar-refractivity contribution in [2.75, 3.05) is 0 Å². The van der Waals surface area contributed by atoms with Gasteiger partial charge < -0.3 is 19.3 Å². The van der Waals surface area contributed by atoms with Crippen LogP contribution in [-0.4, -0.2) is 46.6 Å². The van der Waals surface area contributed by atoms with Crippen LogP contribution in [0.3, 0.4) is 0 Å². The molecule has 3 heterocycles. The van der Waals surface area contributed by atoms with Gasteiger partial charge in [0.2, 0.25) is 0 Å². The van der Waals surface area contributed by atoms with Crippen molar-refractivity contribution >= 4 is 11.8 Å². The third-order valence-electron chi connectivity index (χ3n) is 8.81. The van der Waals surface area contributed by atoms with E-state index < -0.39 is 29.4 Å². The largest absolute Gasteiger partial charge is 0.462 e. The van der Waals surface area contributed by atoms with Crippen molar-refractivity contribution in [3.8, 4) is 0 Å². The van der Waals surface area contributed by atoms with Gasteiger partial charge in [0.05, 0.1) is 12.2 Å². The molecule has 1 N–H and O–H groups in total. The molecule has 4 rings (SSSR count). The predicted molar refractivity (Wildman–Crippen MR) is 143 cm³/mol. The number of hydrogen-bond acceptors (Lipinski definition) is 6. The molecule has 0 amide bonds. The van der Waals surface area contributed by atoms with E-state index >= 15 is 0 Å². The number of Topliss-reactive ketones (excluding diaryl/α,β-unsaturated/α-hetero) is 1. The molecular weight excluding hydrogens is 468 g/mol. The monoisotopic (exact) mass is 512 g/mol. The van der Waals surface area contributed by atoms with Gasteiger partial charge in [-0.3, -0.25) is 9.59 Å². The van der Waals surface area contributed by atoms with Gasteiger partial charge in [0.1, 0.15) is 17.6 Å². The number of rotatable bonds is 0. The van der Waals surface area contributed by atoms with E-state index in [2.05, 4.69) is 39.8 Å². The Hall–Kier alpha value is -2.02. The van der Waals surface area contributed by atoms with Crippen LogP contribution in [0, 0.1) is 17.8 Å². The average Bonchev–Trinajstić information content (AvgIpc) is 2.82. The third kappa shape index (κ3) is 6.18. The van der Waals surface area contributed by atoms with Gasteiger partial charge >= 0.3 is 5.97 Å². The molecule has 2 saturated heterocycles. The molecule has 37 heavy (non-hydrogen) atoms. The number of ketones is 1. The number of aliphatic hydroxyl groups is 1. The first-order valence-electron chi connectivity index (χ1n) is 13.9. The first-order valence-corrected chi connectivity index (χ1v) is 13.9. The van der Waals surface area contributed by atoms with E-state index in [4.69, 9.17) is 14.2 Å². The summed E-state index contributed by atoms with van der Waals surface area (Å²) in [5.74, 6) is -1.65. The van der Waals surface area contributed by atoms with Crippen LogP contribution in [-0.2, 0) is 23.8 Å². The summed E-state index contributed by atoms with van der Waals surface area (Å²) in [7, 11) is 0. The first kappa shape index (κ1) is 28.0. The molecule has 3 aliphatic heterocycles. The Bertz CT molecular complexity index is 1020. The summed E-state index contributed by atoms with van der Waals surface area (Å²) < 4.78 is 19.2. The Kier molecular flexibility index (Phi) is 8.32. The lowest BCUT2D eigenvalue weighted by molar-refractivity contribution is -0.332. The van der Waals surface area contributed by atoms with Crippen molar-refractivity contribution in [1.82, 2.24) is 0 Å². The average molecular weight is 513 g/mol. The number of fused-ring (bicyclic) bond motifs is 3. The van der Waals surface area contributed by atoms with Crippen LogP contribution in [0.1, 0.15) is 86.5 Å². The lowest BCUT2D eigenvalue weighted by Crippen LogP contribution is -2.54. The second-order valence-corrected chi connectivity index (χ2v) is 12.0. The Labute approximate surface area is 221 Å². The quantitative estimate of drug-likeness (QED) is 0.329. The SMILES string of the molecule is CC1=C[C@H]2C(=O)O[C@H]3C[C@@H](C/C=C(\C)C[C@@H](C)/C=C/C=C(\C)[C@]2(O)CC1=O)O[C@@]1(CC[C@H](C)[C@@H](C)O1)C3. The maximum absolute atomic E-state index is 13.7. The highest BCUT2D eigenvalue weighted by Gasteiger charge is 2.51. The number of carbonyl (C=O) groups excluding carboxylic acids is 2. The second kappa shape index (κ2) is 11.0. The van der Waals surface area contributed by atoms with Gasteiger partial charge in [-0.25, -0.2) is 0 Å². The van der Waals surface area contributed by atoms with Crippen LogP contribution >= 0.6 is 0 Å². The Morgan fingerprint density at radius 3 is 2.54 bits per heavy atom. The molecule has 0 saturated carbocycles. The van der Waals surface area contributed by atoms with Crippen LogP contribution in [0.4, 0.5) is 0 Å². The van der Waals surface area contributed by atoms with E-state index in [1.54, 1.807) is 19.9 Å². The zero-order valence-corrected chi connectivity index (χ0v) is 23.3. The Balaban J connectivity index is 1.71. The number of ether oxygens (including phenoxy) is 3. The number of esters is 1.